The Hall–Kier alpha value is -0.860. The summed E-state index contributed by atoms with van der Waals surface area (Å²) >= 11 is 0. The van der Waals surface area contributed by atoms with Gasteiger partial charge in [0.2, 0.25) is 0 Å². The van der Waals surface area contributed by atoms with Gasteiger partial charge in [0.1, 0.15) is 0 Å². The number of carbonyl (C=O) groups excluding carboxylic acids is 2. The van der Waals surface area contributed by atoms with E-state index < -0.39 is 0 Å². The van der Waals surface area contributed by atoms with Crippen LogP contribution in [0, 0.1) is 5.92 Å². The van der Waals surface area contributed by atoms with Gasteiger partial charge in [-0.3, -0.25) is 9.59 Å². The molecular weight excluding hydrogens is 252 g/mol. The number of cyclic esters (lactones) is 2. The minimum absolute atomic E-state index is 0.0262. The maximum absolute atomic E-state index is 11.5. The van der Waals surface area contributed by atoms with Gasteiger partial charge in [-0.2, -0.15) is 0 Å². The Labute approximate surface area is 123 Å². The van der Waals surface area contributed by atoms with Crippen molar-refractivity contribution in [2.24, 2.45) is 5.92 Å². The molecule has 0 bridgehead atoms. The Morgan fingerprint density at radius 1 is 0.900 bits per heavy atom. The zero-order valence-corrected chi connectivity index (χ0v) is 13.0. The Morgan fingerprint density at radius 3 is 2.00 bits per heavy atom. The second kappa shape index (κ2) is 10.9. The van der Waals surface area contributed by atoms with Crippen LogP contribution in [0.25, 0.3) is 0 Å². The lowest BCUT2D eigenvalue weighted by Crippen LogP contribution is -2.27. The molecule has 0 amide bonds. The van der Waals surface area contributed by atoms with Crippen LogP contribution in [0.1, 0.15) is 90.4 Å². The summed E-state index contributed by atoms with van der Waals surface area (Å²) in [5.41, 5.74) is 0. The summed E-state index contributed by atoms with van der Waals surface area (Å²) in [7, 11) is 0. The largest absolute Gasteiger partial charge is 0.393 e. The van der Waals surface area contributed by atoms with Crippen LogP contribution in [0.5, 0.6) is 0 Å². The maximum Gasteiger partial charge on any atom is 0.316 e. The van der Waals surface area contributed by atoms with E-state index in [0.717, 1.165) is 12.8 Å². The quantitative estimate of drug-likeness (QED) is 0.311. The van der Waals surface area contributed by atoms with Crippen molar-refractivity contribution in [2.45, 2.75) is 90.4 Å². The summed E-state index contributed by atoms with van der Waals surface area (Å²) < 4.78 is 4.66. The minimum atomic E-state index is -0.352. The summed E-state index contributed by atoms with van der Waals surface area (Å²) in [6.07, 6.45) is 15.1. The highest BCUT2D eigenvalue weighted by atomic mass is 16.6. The smallest absolute Gasteiger partial charge is 0.316 e. The SMILES string of the molecule is CCCCCCCCCCCCC1CCC(=O)OC1=O. The van der Waals surface area contributed by atoms with E-state index in [1.165, 1.54) is 57.8 Å². The van der Waals surface area contributed by atoms with Crippen molar-refractivity contribution in [3.8, 4) is 0 Å². The van der Waals surface area contributed by atoms with Crippen LogP contribution in [0.2, 0.25) is 0 Å². The van der Waals surface area contributed by atoms with Crippen molar-refractivity contribution in [3.05, 3.63) is 0 Å². The first-order valence-electron chi connectivity index (χ1n) is 8.48. The summed E-state index contributed by atoms with van der Waals surface area (Å²) in [5, 5.41) is 0. The molecule has 0 saturated carbocycles. The lowest BCUT2D eigenvalue weighted by Gasteiger charge is -2.18. The third-order valence-corrected chi connectivity index (χ3v) is 4.15. The number of hydrogen-bond acceptors (Lipinski definition) is 3. The maximum atomic E-state index is 11.5. The second-order valence-electron chi connectivity index (χ2n) is 6.00. The molecule has 3 nitrogen and oxygen atoms in total. The zero-order valence-electron chi connectivity index (χ0n) is 13.0. The van der Waals surface area contributed by atoms with E-state index in [4.69, 9.17) is 0 Å². The molecule has 0 aromatic rings. The Bertz CT molecular complexity index is 286. The van der Waals surface area contributed by atoms with E-state index in [-0.39, 0.29) is 17.9 Å². The lowest BCUT2D eigenvalue weighted by molar-refractivity contribution is -0.167. The first kappa shape index (κ1) is 17.2. The molecule has 1 atom stereocenters. The van der Waals surface area contributed by atoms with Crippen LogP contribution in [0.15, 0.2) is 0 Å². The van der Waals surface area contributed by atoms with Gasteiger partial charge in [-0.1, -0.05) is 71.1 Å². The molecule has 1 rings (SSSR count). The van der Waals surface area contributed by atoms with E-state index >= 15 is 0 Å². The van der Waals surface area contributed by atoms with E-state index in [0.29, 0.717) is 12.8 Å². The molecule has 1 aliphatic heterocycles. The number of hydrogen-bond donors (Lipinski definition) is 0. The molecule has 0 aromatic carbocycles. The highest BCUT2D eigenvalue weighted by Gasteiger charge is 2.28. The van der Waals surface area contributed by atoms with Crippen LogP contribution in [0.4, 0.5) is 0 Å². The molecule has 20 heavy (non-hydrogen) atoms. The van der Waals surface area contributed by atoms with Crippen LogP contribution in [0.3, 0.4) is 0 Å². The Kier molecular flexibility index (Phi) is 9.35. The van der Waals surface area contributed by atoms with Gasteiger partial charge < -0.3 is 4.74 Å². The van der Waals surface area contributed by atoms with Gasteiger partial charge in [0, 0.05) is 6.42 Å². The number of rotatable bonds is 11. The molecule has 0 spiro atoms. The highest BCUT2D eigenvalue weighted by molar-refractivity contribution is 5.89. The van der Waals surface area contributed by atoms with E-state index in [2.05, 4.69) is 11.7 Å². The Morgan fingerprint density at radius 2 is 1.45 bits per heavy atom. The third-order valence-electron chi connectivity index (χ3n) is 4.15. The van der Waals surface area contributed by atoms with Crippen molar-refractivity contribution in [1.29, 1.82) is 0 Å². The number of unbranched alkanes of at least 4 members (excludes halogenated alkanes) is 9. The van der Waals surface area contributed by atoms with E-state index in [1.54, 1.807) is 0 Å². The molecule has 0 radical (unpaired) electrons. The molecule has 0 N–H and O–H groups in total. The normalized spacial score (nSPS) is 19.1. The Balaban J connectivity index is 1.87. The first-order chi connectivity index (χ1) is 9.74. The molecule has 3 heteroatoms. The molecule has 1 fully saturated rings. The predicted molar refractivity (Wildman–Crippen MR) is 80.3 cm³/mol. The predicted octanol–water partition coefficient (Wildman–Crippen LogP) is 4.78. The van der Waals surface area contributed by atoms with Gasteiger partial charge in [0.15, 0.2) is 0 Å². The van der Waals surface area contributed by atoms with Crippen molar-refractivity contribution in [3.63, 3.8) is 0 Å². The first-order valence-corrected chi connectivity index (χ1v) is 8.48. The van der Waals surface area contributed by atoms with Gasteiger partial charge in [0.05, 0.1) is 5.92 Å². The molecule has 0 aliphatic carbocycles. The monoisotopic (exact) mass is 282 g/mol. The second-order valence-corrected chi connectivity index (χ2v) is 6.00. The van der Waals surface area contributed by atoms with Crippen molar-refractivity contribution in [1.82, 2.24) is 0 Å². The topological polar surface area (TPSA) is 43.4 Å². The summed E-state index contributed by atoms with van der Waals surface area (Å²) in [6.45, 7) is 2.25. The molecule has 1 heterocycles. The molecule has 1 aliphatic rings. The van der Waals surface area contributed by atoms with Gasteiger partial charge >= 0.3 is 11.9 Å². The fourth-order valence-electron chi connectivity index (χ4n) is 2.80. The summed E-state index contributed by atoms with van der Waals surface area (Å²) in [5.74, 6) is -0.673. The molecule has 1 unspecified atom stereocenters. The van der Waals surface area contributed by atoms with Gasteiger partial charge in [-0.05, 0) is 12.8 Å². The average molecular weight is 282 g/mol. The fourth-order valence-corrected chi connectivity index (χ4v) is 2.80. The molecule has 0 aromatic heterocycles. The third kappa shape index (κ3) is 7.66. The number of carbonyl (C=O) groups is 2. The van der Waals surface area contributed by atoms with Crippen molar-refractivity contribution >= 4 is 11.9 Å². The van der Waals surface area contributed by atoms with E-state index in [9.17, 15) is 9.59 Å². The average Bonchev–Trinajstić information content (AvgIpc) is 2.43. The highest BCUT2D eigenvalue weighted by Crippen LogP contribution is 2.22. The summed E-state index contributed by atoms with van der Waals surface area (Å²) in [4.78, 5) is 22.4. The van der Waals surface area contributed by atoms with Crippen LogP contribution < -0.4 is 0 Å². The van der Waals surface area contributed by atoms with E-state index in [1.807, 2.05) is 0 Å². The van der Waals surface area contributed by atoms with Crippen LogP contribution >= 0.6 is 0 Å². The lowest BCUT2D eigenvalue weighted by atomic mass is 9.94. The number of esters is 2. The minimum Gasteiger partial charge on any atom is -0.393 e. The molecular formula is C17H30O3. The van der Waals surface area contributed by atoms with Gasteiger partial charge in [0.25, 0.3) is 0 Å². The van der Waals surface area contributed by atoms with Crippen LogP contribution in [-0.2, 0) is 14.3 Å². The van der Waals surface area contributed by atoms with Crippen molar-refractivity contribution in [2.75, 3.05) is 0 Å². The van der Waals surface area contributed by atoms with Gasteiger partial charge in [-0.25, -0.2) is 0 Å². The zero-order chi connectivity index (χ0) is 14.6. The fraction of sp³-hybridized carbons (Fsp3) is 0.882. The summed E-state index contributed by atoms with van der Waals surface area (Å²) in [6, 6.07) is 0. The standard InChI is InChI=1S/C17H30O3/c1-2-3-4-5-6-7-8-9-10-11-12-15-13-14-16(18)20-17(15)19/h15H,2-14H2,1H3. The molecule has 1 saturated heterocycles. The van der Waals surface area contributed by atoms with Gasteiger partial charge in [-0.15, -0.1) is 0 Å². The van der Waals surface area contributed by atoms with Crippen molar-refractivity contribution < 1.29 is 14.3 Å². The molecule has 116 valence electrons. The number of ether oxygens (including phenoxy) is 1. The van der Waals surface area contributed by atoms with Crippen LogP contribution in [-0.4, -0.2) is 11.9 Å².